The zero-order valence-electron chi connectivity index (χ0n) is 9.09. The highest BCUT2D eigenvalue weighted by Gasteiger charge is 2.12. The van der Waals surface area contributed by atoms with Crippen molar-refractivity contribution in [1.82, 2.24) is 0 Å². The second-order valence-electron chi connectivity index (χ2n) is 4.34. The number of allylic oxidation sites excluding steroid dienone is 3. The molecule has 1 aliphatic rings. The van der Waals surface area contributed by atoms with Crippen molar-refractivity contribution < 1.29 is 4.79 Å². The largest absolute Gasteiger partial charge is 0.303 e. The molecule has 1 nitrogen and oxygen atoms in total. The third kappa shape index (κ3) is 3.91. The summed E-state index contributed by atoms with van der Waals surface area (Å²) >= 11 is 0. The minimum atomic E-state index is 0.292. The summed E-state index contributed by atoms with van der Waals surface area (Å²) in [6, 6.07) is 0. The fraction of sp³-hybridized carbons (Fsp3) is 0.615. The van der Waals surface area contributed by atoms with Crippen molar-refractivity contribution in [3.05, 3.63) is 23.8 Å². The molecule has 0 aromatic rings. The van der Waals surface area contributed by atoms with Gasteiger partial charge in [0.1, 0.15) is 6.29 Å². The molecule has 0 fully saturated rings. The third-order valence-electron chi connectivity index (χ3n) is 2.84. The van der Waals surface area contributed by atoms with Gasteiger partial charge in [-0.15, -0.1) is 6.58 Å². The molecule has 0 amide bonds. The predicted octanol–water partition coefficient (Wildman–Crippen LogP) is 3.66. The lowest BCUT2D eigenvalue weighted by atomic mass is 9.88. The first-order valence-electron chi connectivity index (χ1n) is 5.50. The van der Waals surface area contributed by atoms with Crippen molar-refractivity contribution >= 4 is 6.29 Å². The molecule has 1 unspecified atom stereocenters. The molecule has 0 aliphatic heterocycles. The highest BCUT2D eigenvalue weighted by molar-refractivity contribution is 5.54. The Hall–Kier alpha value is -0.850. The van der Waals surface area contributed by atoms with Gasteiger partial charge in [-0.1, -0.05) is 17.2 Å². The fourth-order valence-electron chi connectivity index (χ4n) is 1.88. The lowest BCUT2D eigenvalue weighted by Gasteiger charge is -2.17. The van der Waals surface area contributed by atoms with Crippen LogP contribution in [0.3, 0.4) is 0 Å². The number of carbonyl (C=O) groups excluding carboxylic acids is 1. The van der Waals surface area contributed by atoms with Crippen LogP contribution < -0.4 is 0 Å². The molecule has 78 valence electrons. The highest BCUT2D eigenvalue weighted by Crippen LogP contribution is 2.25. The van der Waals surface area contributed by atoms with Gasteiger partial charge in [0.15, 0.2) is 0 Å². The zero-order valence-corrected chi connectivity index (χ0v) is 9.09. The topological polar surface area (TPSA) is 17.1 Å². The smallest absolute Gasteiger partial charge is 0.123 e. The molecule has 1 rings (SSSR count). The molecular weight excluding hydrogens is 172 g/mol. The van der Waals surface area contributed by atoms with E-state index >= 15 is 0 Å². The maximum Gasteiger partial charge on any atom is 0.123 e. The van der Waals surface area contributed by atoms with E-state index in [1.165, 1.54) is 18.4 Å². The van der Waals surface area contributed by atoms with Crippen LogP contribution in [0.5, 0.6) is 0 Å². The van der Waals surface area contributed by atoms with E-state index in [0.717, 1.165) is 32.0 Å². The van der Waals surface area contributed by atoms with Crippen LogP contribution in [0.1, 0.15) is 45.4 Å². The number of hydrogen-bond acceptors (Lipinski definition) is 1. The van der Waals surface area contributed by atoms with Crippen molar-refractivity contribution in [2.24, 2.45) is 5.92 Å². The first-order valence-corrected chi connectivity index (χ1v) is 5.50. The Morgan fingerprint density at radius 1 is 1.71 bits per heavy atom. The van der Waals surface area contributed by atoms with Gasteiger partial charge in [0.25, 0.3) is 0 Å². The molecule has 0 bridgehead atoms. The lowest BCUT2D eigenvalue weighted by Crippen LogP contribution is -2.06. The molecule has 1 atom stereocenters. The predicted molar refractivity (Wildman–Crippen MR) is 60.2 cm³/mol. The van der Waals surface area contributed by atoms with Gasteiger partial charge in [-0.3, -0.25) is 0 Å². The Morgan fingerprint density at radius 2 is 2.50 bits per heavy atom. The van der Waals surface area contributed by atoms with Crippen LogP contribution in [-0.2, 0) is 4.79 Å². The van der Waals surface area contributed by atoms with Crippen LogP contribution in [-0.4, -0.2) is 6.29 Å². The summed E-state index contributed by atoms with van der Waals surface area (Å²) in [6.45, 7) is 5.98. The second kappa shape index (κ2) is 5.79. The van der Waals surface area contributed by atoms with Crippen LogP contribution >= 0.6 is 0 Å². The lowest BCUT2D eigenvalue weighted by molar-refractivity contribution is -0.111. The summed E-state index contributed by atoms with van der Waals surface area (Å²) in [5, 5.41) is 0. The quantitative estimate of drug-likeness (QED) is 0.480. The van der Waals surface area contributed by atoms with E-state index in [0.29, 0.717) is 5.92 Å². The maximum atomic E-state index is 10.5. The minimum Gasteiger partial charge on any atom is -0.303 e. The summed E-state index contributed by atoms with van der Waals surface area (Å²) in [7, 11) is 0. The van der Waals surface area contributed by atoms with Crippen molar-refractivity contribution in [1.29, 1.82) is 0 Å². The van der Waals surface area contributed by atoms with E-state index in [1.54, 1.807) is 5.57 Å². The van der Waals surface area contributed by atoms with E-state index < -0.39 is 0 Å². The maximum absolute atomic E-state index is 10.5. The molecule has 14 heavy (non-hydrogen) atoms. The van der Waals surface area contributed by atoms with Gasteiger partial charge in [0.05, 0.1) is 0 Å². The third-order valence-corrected chi connectivity index (χ3v) is 2.84. The second-order valence-corrected chi connectivity index (χ2v) is 4.34. The number of hydrogen-bond donors (Lipinski definition) is 0. The summed E-state index contributed by atoms with van der Waals surface area (Å²) < 4.78 is 0. The molecule has 0 saturated carbocycles. The fourth-order valence-corrected chi connectivity index (χ4v) is 1.88. The van der Waals surface area contributed by atoms with Gasteiger partial charge in [0, 0.05) is 5.92 Å². The van der Waals surface area contributed by atoms with Crippen LogP contribution in [0.15, 0.2) is 23.8 Å². The monoisotopic (exact) mass is 192 g/mol. The normalized spacial score (nSPS) is 21.5. The van der Waals surface area contributed by atoms with Crippen molar-refractivity contribution in [2.45, 2.75) is 45.4 Å². The van der Waals surface area contributed by atoms with Crippen LogP contribution in [0.2, 0.25) is 0 Å². The van der Waals surface area contributed by atoms with Gasteiger partial charge in [-0.2, -0.15) is 0 Å². The Balaban J connectivity index is 2.23. The van der Waals surface area contributed by atoms with Gasteiger partial charge >= 0.3 is 0 Å². The standard InChI is InChI=1S/C13H20O/c1-11(2)4-3-5-12-6-8-13(10-14)9-7-12/h6,10,13H,1,3-5,7-9H2,2H3. The molecule has 0 spiro atoms. The van der Waals surface area contributed by atoms with E-state index in [2.05, 4.69) is 19.6 Å². The van der Waals surface area contributed by atoms with Crippen molar-refractivity contribution in [2.75, 3.05) is 0 Å². The Kier molecular flexibility index (Phi) is 4.64. The van der Waals surface area contributed by atoms with Crippen LogP contribution in [0.25, 0.3) is 0 Å². The highest BCUT2D eigenvalue weighted by atomic mass is 16.1. The van der Waals surface area contributed by atoms with Gasteiger partial charge in [0.2, 0.25) is 0 Å². The Morgan fingerprint density at radius 3 is 3.00 bits per heavy atom. The first kappa shape index (κ1) is 11.2. The molecule has 1 heteroatoms. The number of rotatable bonds is 5. The van der Waals surface area contributed by atoms with Crippen LogP contribution in [0.4, 0.5) is 0 Å². The molecule has 0 radical (unpaired) electrons. The Labute approximate surface area is 86.9 Å². The summed E-state index contributed by atoms with van der Waals surface area (Å²) in [5.41, 5.74) is 2.82. The molecule has 0 N–H and O–H groups in total. The van der Waals surface area contributed by atoms with Crippen molar-refractivity contribution in [3.63, 3.8) is 0 Å². The van der Waals surface area contributed by atoms with Crippen LogP contribution in [0, 0.1) is 5.92 Å². The molecule has 0 aromatic carbocycles. The minimum absolute atomic E-state index is 0.292. The molecular formula is C13H20O. The van der Waals surface area contributed by atoms with E-state index in [9.17, 15) is 4.79 Å². The average molecular weight is 192 g/mol. The van der Waals surface area contributed by atoms with E-state index in [-0.39, 0.29) is 0 Å². The number of aldehydes is 1. The van der Waals surface area contributed by atoms with Gasteiger partial charge in [-0.05, 0) is 45.4 Å². The average Bonchev–Trinajstić information content (AvgIpc) is 2.18. The molecule has 1 aliphatic carbocycles. The van der Waals surface area contributed by atoms with Crippen molar-refractivity contribution in [3.8, 4) is 0 Å². The molecule has 0 aromatic heterocycles. The summed E-state index contributed by atoms with van der Waals surface area (Å²) in [5.74, 6) is 0.292. The van der Waals surface area contributed by atoms with E-state index in [4.69, 9.17) is 0 Å². The SMILES string of the molecule is C=C(C)CCCC1=CCC(C=O)CC1. The zero-order chi connectivity index (χ0) is 10.4. The number of carbonyl (C=O) groups is 1. The summed E-state index contributed by atoms with van der Waals surface area (Å²) in [4.78, 5) is 10.5. The molecule has 0 saturated heterocycles. The van der Waals surface area contributed by atoms with E-state index in [1.807, 2.05) is 0 Å². The summed E-state index contributed by atoms with van der Waals surface area (Å²) in [6.07, 6.45) is 10.1. The molecule has 0 heterocycles. The first-order chi connectivity index (χ1) is 6.72. The van der Waals surface area contributed by atoms with Gasteiger partial charge in [-0.25, -0.2) is 0 Å². The Bertz CT molecular complexity index is 238. The van der Waals surface area contributed by atoms with Gasteiger partial charge < -0.3 is 4.79 Å².